The van der Waals surface area contributed by atoms with Crippen LogP contribution in [0.15, 0.2) is 5.38 Å². The fourth-order valence-corrected chi connectivity index (χ4v) is 3.56. The maximum atomic E-state index is 9.57. The fraction of sp³-hybridized carbons (Fsp3) is 0.800. The molecule has 0 spiro atoms. The molecule has 20 heavy (non-hydrogen) atoms. The third-order valence-electron chi connectivity index (χ3n) is 4.66. The highest BCUT2D eigenvalue weighted by molar-refractivity contribution is 7.09. The second kappa shape index (κ2) is 6.98. The van der Waals surface area contributed by atoms with Gasteiger partial charge in [0.25, 0.3) is 0 Å². The van der Waals surface area contributed by atoms with E-state index in [0.717, 1.165) is 49.6 Å². The molecule has 0 aromatic carbocycles. The van der Waals surface area contributed by atoms with Gasteiger partial charge in [-0.25, -0.2) is 4.98 Å². The minimum Gasteiger partial charge on any atom is -0.396 e. The van der Waals surface area contributed by atoms with Gasteiger partial charge in [0.15, 0.2) is 0 Å². The van der Waals surface area contributed by atoms with Crippen LogP contribution >= 0.6 is 11.3 Å². The summed E-state index contributed by atoms with van der Waals surface area (Å²) in [7, 11) is 1.72. The number of aliphatic hydroxyl groups excluding tert-OH is 1. The molecule has 4 nitrogen and oxygen atoms in total. The topological polar surface area (TPSA) is 45.6 Å². The van der Waals surface area contributed by atoms with Crippen molar-refractivity contribution in [1.29, 1.82) is 0 Å². The van der Waals surface area contributed by atoms with Gasteiger partial charge in [0.1, 0.15) is 11.1 Å². The number of hydrogen-bond donors (Lipinski definition) is 1. The number of ether oxygens (including phenoxy) is 1. The number of aromatic nitrogens is 1. The fourth-order valence-electron chi connectivity index (χ4n) is 2.72. The van der Waals surface area contributed by atoms with Crippen LogP contribution in [-0.2, 0) is 11.3 Å². The average molecular weight is 298 g/mol. The summed E-state index contributed by atoms with van der Waals surface area (Å²) >= 11 is 1.68. The highest BCUT2D eigenvalue weighted by Gasteiger charge is 2.32. The zero-order valence-corrected chi connectivity index (χ0v) is 13.6. The lowest BCUT2D eigenvalue weighted by Crippen LogP contribution is -2.41. The van der Waals surface area contributed by atoms with Crippen molar-refractivity contribution in [3.8, 4) is 0 Å². The quantitative estimate of drug-likeness (QED) is 0.877. The van der Waals surface area contributed by atoms with Crippen LogP contribution in [0.25, 0.3) is 0 Å². The van der Waals surface area contributed by atoms with E-state index < -0.39 is 0 Å². The van der Waals surface area contributed by atoms with Gasteiger partial charge >= 0.3 is 0 Å². The smallest absolute Gasteiger partial charge is 0.122 e. The molecule has 2 heterocycles. The summed E-state index contributed by atoms with van der Waals surface area (Å²) in [5.74, 6) is 0. The van der Waals surface area contributed by atoms with Gasteiger partial charge in [-0.2, -0.15) is 0 Å². The molecule has 2 rings (SSSR count). The monoisotopic (exact) mass is 298 g/mol. The van der Waals surface area contributed by atoms with Crippen molar-refractivity contribution in [3.05, 3.63) is 16.1 Å². The van der Waals surface area contributed by atoms with Crippen LogP contribution in [-0.4, -0.2) is 41.8 Å². The molecular weight excluding hydrogens is 272 g/mol. The molecule has 0 amide bonds. The van der Waals surface area contributed by atoms with Gasteiger partial charge in [-0.15, -0.1) is 11.3 Å². The van der Waals surface area contributed by atoms with Crippen molar-refractivity contribution in [2.45, 2.75) is 45.8 Å². The Balaban J connectivity index is 1.88. The lowest BCUT2D eigenvalue weighted by Gasteiger charge is -2.40. The van der Waals surface area contributed by atoms with E-state index in [0.29, 0.717) is 6.61 Å². The largest absolute Gasteiger partial charge is 0.396 e. The molecule has 1 aliphatic heterocycles. The number of likely N-dealkylation sites (tertiary alicyclic amines) is 1. The highest BCUT2D eigenvalue weighted by atomic mass is 32.1. The molecule has 0 radical (unpaired) electrons. The number of piperidine rings is 1. The Morgan fingerprint density at radius 2 is 2.20 bits per heavy atom. The Morgan fingerprint density at radius 1 is 1.50 bits per heavy atom. The molecule has 5 heteroatoms. The van der Waals surface area contributed by atoms with Crippen molar-refractivity contribution in [1.82, 2.24) is 9.88 Å². The molecule has 1 aliphatic rings. The SMILES string of the molecule is CCC1(CO)CCN(Cc2csc(C(C)OC)n2)CC1. The van der Waals surface area contributed by atoms with Crippen LogP contribution in [0.1, 0.15) is 49.9 Å². The third kappa shape index (κ3) is 3.58. The molecule has 1 aromatic heterocycles. The normalized spacial score (nSPS) is 21.0. The molecule has 0 saturated carbocycles. The molecule has 1 atom stereocenters. The van der Waals surface area contributed by atoms with Crippen LogP contribution in [0.2, 0.25) is 0 Å². The van der Waals surface area contributed by atoms with Gasteiger partial charge in [0, 0.05) is 25.6 Å². The second-order valence-corrected chi connectivity index (χ2v) is 6.73. The standard InChI is InChI=1S/C15H26N2O2S/c1-4-15(11-18)5-7-17(8-6-15)9-13-10-20-14(16-13)12(2)19-3/h10,12,18H,4-9,11H2,1-3H3. The molecule has 0 bridgehead atoms. The van der Waals surface area contributed by atoms with Gasteiger partial charge in [-0.05, 0) is 44.7 Å². The predicted octanol–water partition coefficient (Wildman–Crippen LogP) is 2.84. The van der Waals surface area contributed by atoms with E-state index in [4.69, 9.17) is 4.74 Å². The Labute approximate surface area is 125 Å². The summed E-state index contributed by atoms with van der Waals surface area (Å²) in [6.45, 7) is 7.56. The molecule has 1 fully saturated rings. The minimum atomic E-state index is 0.0808. The van der Waals surface area contributed by atoms with Crippen molar-refractivity contribution in [3.63, 3.8) is 0 Å². The van der Waals surface area contributed by atoms with Gasteiger partial charge in [0.05, 0.1) is 5.69 Å². The van der Waals surface area contributed by atoms with Crippen molar-refractivity contribution in [2.24, 2.45) is 5.41 Å². The number of hydrogen-bond acceptors (Lipinski definition) is 5. The zero-order chi connectivity index (χ0) is 14.6. The number of aliphatic hydroxyl groups is 1. The van der Waals surface area contributed by atoms with Crippen LogP contribution in [0.3, 0.4) is 0 Å². The molecule has 1 N–H and O–H groups in total. The number of methoxy groups -OCH3 is 1. The molecule has 0 aliphatic carbocycles. The highest BCUT2D eigenvalue weighted by Crippen LogP contribution is 2.34. The van der Waals surface area contributed by atoms with Gasteiger partial charge in [-0.3, -0.25) is 4.90 Å². The van der Waals surface area contributed by atoms with Crippen LogP contribution in [0, 0.1) is 5.41 Å². The third-order valence-corrected chi connectivity index (χ3v) is 5.71. The Hall–Kier alpha value is -0.490. The molecule has 114 valence electrons. The minimum absolute atomic E-state index is 0.0808. The Kier molecular flexibility index (Phi) is 5.55. The summed E-state index contributed by atoms with van der Waals surface area (Å²) < 4.78 is 5.30. The number of thiazole rings is 1. The van der Waals surface area contributed by atoms with E-state index in [-0.39, 0.29) is 11.5 Å². The first kappa shape index (κ1) is 15.9. The Bertz CT molecular complexity index is 408. The van der Waals surface area contributed by atoms with E-state index in [2.05, 4.69) is 22.2 Å². The second-order valence-electron chi connectivity index (χ2n) is 5.84. The lowest BCUT2D eigenvalue weighted by molar-refractivity contribution is 0.0378. The van der Waals surface area contributed by atoms with E-state index in [9.17, 15) is 5.11 Å². The van der Waals surface area contributed by atoms with Crippen LogP contribution in [0.4, 0.5) is 0 Å². The van der Waals surface area contributed by atoms with Gasteiger partial charge < -0.3 is 9.84 Å². The van der Waals surface area contributed by atoms with E-state index in [1.54, 1.807) is 18.4 Å². The maximum absolute atomic E-state index is 9.57. The van der Waals surface area contributed by atoms with Crippen molar-refractivity contribution < 1.29 is 9.84 Å². The van der Waals surface area contributed by atoms with E-state index in [1.165, 1.54) is 0 Å². The summed E-state index contributed by atoms with van der Waals surface area (Å²) in [5, 5.41) is 12.8. The zero-order valence-electron chi connectivity index (χ0n) is 12.8. The first-order valence-corrected chi connectivity index (χ1v) is 8.31. The number of rotatable bonds is 6. The summed E-state index contributed by atoms with van der Waals surface area (Å²) in [6, 6.07) is 0. The molecular formula is C15H26N2O2S. The van der Waals surface area contributed by atoms with Crippen LogP contribution < -0.4 is 0 Å². The average Bonchev–Trinajstić information content (AvgIpc) is 2.96. The van der Waals surface area contributed by atoms with E-state index in [1.807, 2.05) is 6.92 Å². The summed E-state index contributed by atoms with van der Waals surface area (Å²) in [5.41, 5.74) is 1.30. The van der Waals surface area contributed by atoms with Crippen molar-refractivity contribution in [2.75, 3.05) is 26.8 Å². The first-order valence-electron chi connectivity index (χ1n) is 7.43. The molecule has 1 saturated heterocycles. The van der Waals surface area contributed by atoms with Gasteiger partial charge in [-0.1, -0.05) is 6.92 Å². The number of nitrogens with zero attached hydrogens (tertiary/aromatic N) is 2. The predicted molar refractivity (Wildman–Crippen MR) is 81.9 cm³/mol. The van der Waals surface area contributed by atoms with Gasteiger partial charge in [0.2, 0.25) is 0 Å². The summed E-state index contributed by atoms with van der Waals surface area (Å²) in [4.78, 5) is 7.10. The van der Waals surface area contributed by atoms with Crippen LogP contribution in [0.5, 0.6) is 0 Å². The summed E-state index contributed by atoms with van der Waals surface area (Å²) in [6.07, 6.45) is 3.33. The molecule has 1 unspecified atom stereocenters. The van der Waals surface area contributed by atoms with E-state index >= 15 is 0 Å². The lowest BCUT2D eigenvalue weighted by atomic mass is 9.77. The maximum Gasteiger partial charge on any atom is 0.122 e. The Morgan fingerprint density at radius 3 is 2.75 bits per heavy atom. The van der Waals surface area contributed by atoms with Crippen molar-refractivity contribution >= 4 is 11.3 Å². The first-order chi connectivity index (χ1) is 9.62. The molecule has 1 aromatic rings.